The Morgan fingerprint density at radius 1 is 1.37 bits per heavy atom. The summed E-state index contributed by atoms with van der Waals surface area (Å²) in [6, 6.07) is 5.12. The van der Waals surface area contributed by atoms with Crippen LogP contribution >= 0.6 is 0 Å². The number of hydrogen-bond acceptors (Lipinski definition) is 3. The Hall–Kier alpha value is -1.71. The fraction of sp³-hybridized carbons (Fsp3) is 0.533. The number of anilines is 1. The maximum atomic E-state index is 12.1. The van der Waals surface area contributed by atoms with Crippen molar-refractivity contribution in [3.8, 4) is 5.75 Å². The Morgan fingerprint density at radius 2 is 2.11 bits per heavy atom. The van der Waals surface area contributed by atoms with Gasteiger partial charge in [0.15, 0.2) is 0 Å². The van der Waals surface area contributed by atoms with Crippen molar-refractivity contribution in [1.29, 1.82) is 0 Å². The van der Waals surface area contributed by atoms with Crippen LogP contribution in [0.25, 0.3) is 0 Å². The van der Waals surface area contributed by atoms with Crippen LogP contribution in [-0.4, -0.2) is 19.6 Å². The Labute approximate surface area is 114 Å². The number of nitrogen functional groups attached to an aromatic ring is 1. The van der Waals surface area contributed by atoms with Crippen LogP contribution in [0, 0.1) is 5.92 Å². The quantitative estimate of drug-likeness (QED) is 0.820. The zero-order valence-electron chi connectivity index (χ0n) is 11.4. The summed E-state index contributed by atoms with van der Waals surface area (Å²) in [5.74, 6) is 1.13. The van der Waals surface area contributed by atoms with Gasteiger partial charge in [-0.25, -0.2) is 0 Å². The third-order valence-electron chi connectivity index (χ3n) is 3.77. The van der Waals surface area contributed by atoms with E-state index in [2.05, 4.69) is 5.32 Å². The fourth-order valence-corrected chi connectivity index (χ4v) is 2.58. The second-order valence-corrected chi connectivity index (χ2v) is 5.17. The molecule has 0 unspecified atom stereocenters. The van der Waals surface area contributed by atoms with Crippen molar-refractivity contribution in [1.82, 2.24) is 5.32 Å². The van der Waals surface area contributed by atoms with Crippen LogP contribution in [0.3, 0.4) is 0 Å². The molecule has 0 heterocycles. The number of carbonyl (C=O) groups is 1. The first-order chi connectivity index (χ1) is 9.20. The molecule has 0 aliphatic heterocycles. The van der Waals surface area contributed by atoms with Gasteiger partial charge in [0.25, 0.3) is 5.91 Å². The van der Waals surface area contributed by atoms with Gasteiger partial charge < -0.3 is 15.8 Å². The first kappa shape index (κ1) is 13.7. The number of hydrogen-bond donors (Lipinski definition) is 2. The van der Waals surface area contributed by atoms with Crippen LogP contribution in [0.15, 0.2) is 18.2 Å². The molecule has 1 aliphatic rings. The van der Waals surface area contributed by atoms with E-state index in [1.54, 1.807) is 25.3 Å². The second kappa shape index (κ2) is 6.45. The first-order valence-corrected chi connectivity index (χ1v) is 6.92. The zero-order valence-corrected chi connectivity index (χ0v) is 11.4. The van der Waals surface area contributed by atoms with Crippen molar-refractivity contribution in [2.75, 3.05) is 19.4 Å². The van der Waals surface area contributed by atoms with Crippen LogP contribution < -0.4 is 15.8 Å². The molecule has 104 valence electrons. The lowest BCUT2D eigenvalue weighted by atomic mass is 9.89. The van der Waals surface area contributed by atoms with Gasteiger partial charge in [0.1, 0.15) is 5.75 Å². The van der Waals surface area contributed by atoms with Crippen LogP contribution in [-0.2, 0) is 0 Å². The van der Waals surface area contributed by atoms with Crippen molar-refractivity contribution in [2.24, 2.45) is 5.92 Å². The molecule has 0 bridgehead atoms. The second-order valence-electron chi connectivity index (χ2n) is 5.17. The normalized spacial score (nSPS) is 16.1. The molecular formula is C15H22N2O2. The van der Waals surface area contributed by atoms with Gasteiger partial charge in [0, 0.05) is 12.1 Å². The molecule has 4 nitrogen and oxygen atoms in total. The summed E-state index contributed by atoms with van der Waals surface area (Å²) in [4.78, 5) is 12.1. The monoisotopic (exact) mass is 262 g/mol. The van der Waals surface area contributed by atoms with Gasteiger partial charge >= 0.3 is 0 Å². The summed E-state index contributed by atoms with van der Waals surface area (Å²) >= 11 is 0. The number of methoxy groups -OCH3 is 1. The van der Waals surface area contributed by atoms with Crippen molar-refractivity contribution < 1.29 is 9.53 Å². The van der Waals surface area contributed by atoms with E-state index in [0.29, 0.717) is 22.9 Å². The van der Waals surface area contributed by atoms with E-state index in [1.165, 1.54) is 32.1 Å². The van der Waals surface area contributed by atoms with E-state index in [0.717, 1.165) is 6.54 Å². The number of nitrogens with two attached hydrogens (primary N) is 1. The Kier molecular flexibility index (Phi) is 4.66. The molecule has 0 aromatic heterocycles. The molecule has 4 heteroatoms. The van der Waals surface area contributed by atoms with E-state index >= 15 is 0 Å². The van der Waals surface area contributed by atoms with Gasteiger partial charge in [-0.3, -0.25) is 4.79 Å². The van der Waals surface area contributed by atoms with Crippen molar-refractivity contribution >= 4 is 11.6 Å². The van der Waals surface area contributed by atoms with Gasteiger partial charge in [-0.05, 0) is 37.0 Å². The summed E-state index contributed by atoms with van der Waals surface area (Å²) in [7, 11) is 1.55. The third kappa shape index (κ3) is 3.63. The van der Waals surface area contributed by atoms with Crippen LogP contribution in [0.5, 0.6) is 5.75 Å². The Morgan fingerprint density at radius 3 is 2.79 bits per heavy atom. The van der Waals surface area contributed by atoms with Crippen LogP contribution in [0.2, 0.25) is 0 Å². The standard InChI is InChI=1S/C15H22N2O2/c1-19-14-9-12(7-8-13(14)16)15(18)17-10-11-5-3-2-4-6-11/h7-9,11H,2-6,10,16H2,1H3,(H,17,18). The number of nitrogens with one attached hydrogen (secondary N) is 1. The maximum Gasteiger partial charge on any atom is 0.251 e. The average Bonchev–Trinajstić information content (AvgIpc) is 2.46. The molecule has 2 rings (SSSR count). The Bertz CT molecular complexity index is 440. The average molecular weight is 262 g/mol. The highest BCUT2D eigenvalue weighted by molar-refractivity contribution is 5.95. The number of benzene rings is 1. The smallest absolute Gasteiger partial charge is 0.251 e. The Balaban J connectivity index is 1.92. The molecule has 1 aromatic rings. The molecule has 1 fully saturated rings. The van der Waals surface area contributed by atoms with Gasteiger partial charge in [-0.15, -0.1) is 0 Å². The number of amides is 1. The van der Waals surface area contributed by atoms with Gasteiger partial charge in [0.2, 0.25) is 0 Å². The van der Waals surface area contributed by atoms with Crippen molar-refractivity contribution in [3.05, 3.63) is 23.8 Å². The van der Waals surface area contributed by atoms with E-state index in [1.807, 2.05) is 0 Å². The van der Waals surface area contributed by atoms with E-state index in [9.17, 15) is 4.79 Å². The van der Waals surface area contributed by atoms with Gasteiger partial charge in [0.05, 0.1) is 12.8 Å². The lowest BCUT2D eigenvalue weighted by Crippen LogP contribution is -2.30. The molecule has 0 radical (unpaired) electrons. The predicted molar refractivity (Wildman–Crippen MR) is 76.3 cm³/mol. The lowest BCUT2D eigenvalue weighted by Gasteiger charge is -2.21. The molecule has 19 heavy (non-hydrogen) atoms. The fourth-order valence-electron chi connectivity index (χ4n) is 2.58. The molecule has 0 atom stereocenters. The third-order valence-corrected chi connectivity index (χ3v) is 3.77. The molecule has 3 N–H and O–H groups in total. The minimum atomic E-state index is -0.0520. The molecule has 1 saturated carbocycles. The number of ether oxygens (including phenoxy) is 1. The minimum absolute atomic E-state index is 0.0520. The molecule has 0 saturated heterocycles. The lowest BCUT2D eigenvalue weighted by molar-refractivity contribution is 0.0943. The highest BCUT2D eigenvalue weighted by atomic mass is 16.5. The summed E-state index contributed by atoms with van der Waals surface area (Å²) in [6.45, 7) is 0.769. The van der Waals surface area contributed by atoms with Crippen LogP contribution in [0.4, 0.5) is 5.69 Å². The SMILES string of the molecule is COc1cc(C(=O)NCC2CCCCC2)ccc1N. The first-order valence-electron chi connectivity index (χ1n) is 6.92. The number of carbonyl (C=O) groups excluding carboxylic acids is 1. The maximum absolute atomic E-state index is 12.1. The number of rotatable bonds is 4. The molecule has 1 amide bonds. The minimum Gasteiger partial charge on any atom is -0.495 e. The van der Waals surface area contributed by atoms with E-state index in [-0.39, 0.29) is 5.91 Å². The van der Waals surface area contributed by atoms with E-state index in [4.69, 9.17) is 10.5 Å². The highest BCUT2D eigenvalue weighted by Crippen LogP contribution is 2.24. The summed E-state index contributed by atoms with van der Waals surface area (Å²) in [5.41, 5.74) is 6.88. The summed E-state index contributed by atoms with van der Waals surface area (Å²) in [6.07, 6.45) is 6.36. The van der Waals surface area contributed by atoms with Crippen molar-refractivity contribution in [3.63, 3.8) is 0 Å². The highest BCUT2D eigenvalue weighted by Gasteiger charge is 2.15. The largest absolute Gasteiger partial charge is 0.495 e. The van der Waals surface area contributed by atoms with Gasteiger partial charge in [-0.1, -0.05) is 19.3 Å². The zero-order chi connectivity index (χ0) is 13.7. The molecular weight excluding hydrogens is 240 g/mol. The van der Waals surface area contributed by atoms with Crippen molar-refractivity contribution in [2.45, 2.75) is 32.1 Å². The molecule has 0 spiro atoms. The summed E-state index contributed by atoms with van der Waals surface area (Å²) in [5, 5.41) is 3.00. The van der Waals surface area contributed by atoms with E-state index < -0.39 is 0 Å². The predicted octanol–water partition coefficient (Wildman–Crippen LogP) is 2.59. The van der Waals surface area contributed by atoms with Gasteiger partial charge in [-0.2, -0.15) is 0 Å². The topological polar surface area (TPSA) is 64.3 Å². The molecule has 1 aromatic carbocycles. The summed E-state index contributed by atoms with van der Waals surface area (Å²) < 4.78 is 5.13. The molecule has 1 aliphatic carbocycles. The van der Waals surface area contributed by atoms with Crippen LogP contribution in [0.1, 0.15) is 42.5 Å².